The molecule has 0 radical (unpaired) electrons. The van der Waals surface area contributed by atoms with E-state index in [0.717, 1.165) is 18.0 Å². The van der Waals surface area contributed by atoms with E-state index in [1.54, 1.807) is 14.2 Å². The van der Waals surface area contributed by atoms with E-state index in [-0.39, 0.29) is 6.04 Å². The summed E-state index contributed by atoms with van der Waals surface area (Å²) < 4.78 is 10.7. The van der Waals surface area contributed by atoms with Crippen LogP contribution in [0.2, 0.25) is 0 Å². The Morgan fingerprint density at radius 3 is 2.37 bits per heavy atom. The van der Waals surface area contributed by atoms with Gasteiger partial charge in [-0.05, 0) is 28.8 Å². The second kappa shape index (κ2) is 4.94. The van der Waals surface area contributed by atoms with Crippen LogP contribution in [0.15, 0.2) is 42.5 Å². The number of benzene rings is 2. The summed E-state index contributed by atoms with van der Waals surface area (Å²) in [5.41, 5.74) is 3.85. The van der Waals surface area contributed by atoms with E-state index in [2.05, 4.69) is 41.7 Å². The molecule has 0 saturated carbocycles. The zero-order chi connectivity index (χ0) is 13.2. The van der Waals surface area contributed by atoms with Crippen molar-refractivity contribution in [3.8, 4) is 11.5 Å². The standard InChI is InChI=1S/C16H17NO2/c1-18-13-7-12(8-14(9-13)19-2)16-15-6-4-3-5-11(15)10-17-16/h3-9,16-17H,10H2,1-2H3. The monoisotopic (exact) mass is 255 g/mol. The fourth-order valence-corrected chi connectivity index (χ4v) is 2.59. The average Bonchev–Trinajstić information content (AvgIpc) is 2.90. The number of ether oxygens (including phenoxy) is 2. The van der Waals surface area contributed by atoms with Gasteiger partial charge in [-0.15, -0.1) is 0 Å². The number of fused-ring (bicyclic) bond motifs is 1. The van der Waals surface area contributed by atoms with Crippen molar-refractivity contribution >= 4 is 0 Å². The Bertz CT molecular complexity index is 573. The molecule has 98 valence electrons. The largest absolute Gasteiger partial charge is 0.497 e. The maximum absolute atomic E-state index is 5.34. The van der Waals surface area contributed by atoms with Gasteiger partial charge in [-0.25, -0.2) is 0 Å². The smallest absolute Gasteiger partial charge is 0.122 e. The summed E-state index contributed by atoms with van der Waals surface area (Å²) >= 11 is 0. The minimum atomic E-state index is 0.209. The van der Waals surface area contributed by atoms with Crippen molar-refractivity contribution in [1.29, 1.82) is 0 Å². The molecule has 0 bridgehead atoms. The van der Waals surface area contributed by atoms with Crippen molar-refractivity contribution in [2.45, 2.75) is 12.6 Å². The van der Waals surface area contributed by atoms with E-state index in [1.165, 1.54) is 16.7 Å². The summed E-state index contributed by atoms with van der Waals surface area (Å²) in [7, 11) is 3.35. The predicted molar refractivity (Wildman–Crippen MR) is 74.7 cm³/mol. The van der Waals surface area contributed by atoms with Crippen molar-refractivity contribution in [2.75, 3.05) is 14.2 Å². The first kappa shape index (κ1) is 12.1. The third kappa shape index (κ3) is 2.17. The third-order valence-corrected chi connectivity index (χ3v) is 3.57. The first-order chi connectivity index (χ1) is 9.31. The number of nitrogens with one attached hydrogen (secondary N) is 1. The number of methoxy groups -OCH3 is 2. The van der Waals surface area contributed by atoms with E-state index in [0.29, 0.717) is 0 Å². The van der Waals surface area contributed by atoms with Crippen LogP contribution in [-0.4, -0.2) is 14.2 Å². The summed E-state index contributed by atoms with van der Waals surface area (Å²) in [6.07, 6.45) is 0. The molecule has 0 saturated heterocycles. The second-order valence-electron chi connectivity index (χ2n) is 4.66. The molecule has 1 aliphatic heterocycles. The molecule has 3 nitrogen and oxygen atoms in total. The van der Waals surface area contributed by atoms with Gasteiger partial charge in [0.2, 0.25) is 0 Å². The molecule has 1 atom stereocenters. The van der Waals surface area contributed by atoms with Crippen LogP contribution in [0.1, 0.15) is 22.7 Å². The highest BCUT2D eigenvalue weighted by molar-refractivity contribution is 5.46. The van der Waals surface area contributed by atoms with Gasteiger partial charge in [0.05, 0.1) is 20.3 Å². The Labute approximate surface area is 113 Å². The van der Waals surface area contributed by atoms with Crippen molar-refractivity contribution < 1.29 is 9.47 Å². The van der Waals surface area contributed by atoms with Gasteiger partial charge >= 0.3 is 0 Å². The van der Waals surface area contributed by atoms with Crippen LogP contribution in [0.4, 0.5) is 0 Å². The molecular formula is C16H17NO2. The average molecular weight is 255 g/mol. The van der Waals surface area contributed by atoms with Gasteiger partial charge in [0, 0.05) is 12.6 Å². The predicted octanol–water partition coefficient (Wildman–Crippen LogP) is 2.90. The molecule has 0 spiro atoms. The van der Waals surface area contributed by atoms with Crippen molar-refractivity contribution in [3.63, 3.8) is 0 Å². The molecule has 1 unspecified atom stereocenters. The Morgan fingerprint density at radius 1 is 1.00 bits per heavy atom. The van der Waals surface area contributed by atoms with Crippen LogP contribution < -0.4 is 14.8 Å². The van der Waals surface area contributed by atoms with Crippen LogP contribution in [-0.2, 0) is 6.54 Å². The first-order valence-electron chi connectivity index (χ1n) is 6.36. The maximum Gasteiger partial charge on any atom is 0.122 e. The van der Waals surface area contributed by atoms with Crippen molar-refractivity contribution in [3.05, 3.63) is 59.2 Å². The molecule has 1 aliphatic rings. The Kier molecular flexibility index (Phi) is 3.13. The van der Waals surface area contributed by atoms with Gasteiger partial charge in [0.1, 0.15) is 11.5 Å². The third-order valence-electron chi connectivity index (χ3n) is 3.57. The highest BCUT2D eigenvalue weighted by atomic mass is 16.5. The van der Waals surface area contributed by atoms with Gasteiger partial charge < -0.3 is 14.8 Å². The molecule has 1 heterocycles. The minimum absolute atomic E-state index is 0.209. The molecule has 0 aromatic heterocycles. The van der Waals surface area contributed by atoms with E-state index in [9.17, 15) is 0 Å². The normalized spacial score (nSPS) is 17.1. The lowest BCUT2D eigenvalue weighted by Gasteiger charge is -2.15. The van der Waals surface area contributed by atoms with E-state index in [1.807, 2.05) is 6.07 Å². The summed E-state index contributed by atoms with van der Waals surface area (Å²) in [6.45, 7) is 0.903. The quantitative estimate of drug-likeness (QED) is 0.914. The Hall–Kier alpha value is -2.00. The molecule has 3 rings (SSSR count). The first-order valence-corrected chi connectivity index (χ1v) is 6.36. The molecule has 0 amide bonds. The van der Waals surface area contributed by atoms with Gasteiger partial charge in [0.15, 0.2) is 0 Å². The lowest BCUT2D eigenvalue weighted by atomic mass is 9.98. The highest BCUT2D eigenvalue weighted by Gasteiger charge is 2.23. The van der Waals surface area contributed by atoms with E-state index in [4.69, 9.17) is 9.47 Å². The Morgan fingerprint density at radius 2 is 1.68 bits per heavy atom. The maximum atomic E-state index is 5.34. The molecule has 19 heavy (non-hydrogen) atoms. The molecular weight excluding hydrogens is 238 g/mol. The fraction of sp³-hybridized carbons (Fsp3) is 0.250. The SMILES string of the molecule is COc1cc(OC)cc(C2NCc3ccccc32)c1. The van der Waals surface area contributed by atoms with Crippen LogP contribution in [0.3, 0.4) is 0 Å². The lowest BCUT2D eigenvalue weighted by Crippen LogP contribution is -2.13. The fourth-order valence-electron chi connectivity index (χ4n) is 2.59. The zero-order valence-electron chi connectivity index (χ0n) is 11.1. The van der Waals surface area contributed by atoms with Gasteiger partial charge in [0.25, 0.3) is 0 Å². The van der Waals surface area contributed by atoms with Gasteiger partial charge in [-0.3, -0.25) is 0 Å². The topological polar surface area (TPSA) is 30.5 Å². The van der Waals surface area contributed by atoms with Gasteiger partial charge in [-0.2, -0.15) is 0 Å². The van der Waals surface area contributed by atoms with Crippen molar-refractivity contribution in [1.82, 2.24) is 5.32 Å². The zero-order valence-corrected chi connectivity index (χ0v) is 11.1. The Balaban J connectivity index is 2.04. The summed E-state index contributed by atoms with van der Waals surface area (Å²) in [5, 5.41) is 3.53. The summed E-state index contributed by atoms with van der Waals surface area (Å²) in [6, 6.07) is 14.7. The molecule has 2 aromatic rings. The van der Waals surface area contributed by atoms with Gasteiger partial charge in [-0.1, -0.05) is 24.3 Å². The minimum Gasteiger partial charge on any atom is -0.497 e. The van der Waals surface area contributed by atoms with Crippen LogP contribution >= 0.6 is 0 Å². The van der Waals surface area contributed by atoms with Crippen molar-refractivity contribution in [2.24, 2.45) is 0 Å². The molecule has 0 aliphatic carbocycles. The highest BCUT2D eigenvalue weighted by Crippen LogP contribution is 2.34. The molecule has 0 fully saturated rings. The molecule has 2 aromatic carbocycles. The summed E-state index contributed by atoms with van der Waals surface area (Å²) in [4.78, 5) is 0. The van der Waals surface area contributed by atoms with Crippen LogP contribution in [0.25, 0.3) is 0 Å². The number of rotatable bonds is 3. The number of hydrogen-bond acceptors (Lipinski definition) is 3. The lowest BCUT2D eigenvalue weighted by molar-refractivity contribution is 0.392. The van der Waals surface area contributed by atoms with Crippen LogP contribution in [0, 0.1) is 0 Å². The summed E-state index contributed by atoms with van der Waals surface area (Å²) in [5.74, 6) is 1.64. The molecule has 3 heteroatoms. The molecule has 1 N–H and O–H groups in total. The van der Waals surface area contributed by atoms with E-state index >= 15 is 0 Å². The second-order valence-corrected chi connectivity index (χ2v) is 4.66. The number of hydrogen-bond donors (Lipinski definition) is 1. The van der Waals surface area contributed by atoms with E-state index < -0.39 is 0 Å². The van der Waals surface area contributed by atoms with Crippen LogP contribution in [0.5, 0.6) is 11.5 Å².